The Hall–Kier alpha value is -0.120. The van der Waals surface area contributed by atoms with Gasteiger partial charge in [-0.3, -0.25) is 0 Å². The van der Waals surface area contributed by atoms with Gasteiger partial charge in [0.2, 0.25) is 0 Å². The number of hydrogen-bond acceptors (Lipinski definition) is 3. The summed E-state index contributed by atoms with van der Waals surface area (Å²) in [5.74, 6) is -0.0254. The van der Waals surface area contributed by atoms with Crippen LogP contribution < -0.4 is 0 Å². The number of ether oxygens (including phenoxy) is 3. The van der Waals surface area contributed by atoms with E-state index in [4.69, 9.17) is 14.2 Å². The Labute approximate surface area is 92.1 Å². The third-order valence-corrected chi connectivity index (χ3v) is 3.34. The molecule has 2 aliphatic rings. The van der Waals surface area contributed by atoms with E-state index in [1.54, 1.807) is 0 Å². The van der Waals surface area contributed by atoms with Crippen molar-refractivity contribution in [2.24, 2.45) is 5.92 Å². The fourth-order valence-electron chi connectivity index (χ4n) is 2.46. The minimum atomic E-state index is -0.473. The lowest BCUT2D eigenvalue weighted by atomic mass is 9.97. The van der Waals surface area contributed by atoms with Crippen molar-refractivity contribution >= 4 is 0 Å². The van der Waals surface area contributed by atoms with Crippen LogP contribution in [0.15, 0.2) is 0 Å². The average Bonchev–Trinajstić information content (AvgIpc) is 2.58. The van der Waals surface area contributed by atoms with Crippen LogP contribution in [0.4, 0.5) is 0 Å². The molecule has 0 aromatic rings. The first-order valence-electron chi connectivity index (χ1n) is 6.04. The van der Waals surface area contributed by atoms with E-state index in [2.05, 4.69) is 13.8 Å². The van der Waals surface area contributed by atoms with Crippen molar-refractivity contribution in [3.8, 4) is 0 Å². The van der Waals surface area contributed by atoms with Crippen molar-refractivity contribution in [3.63, 3.8) is 0 Å². The summed E-state index contributed by atoms with van der Waals surface area (Å²) < 4.78 is 17.4. The Bertz CT molecular complexity index is 227. The van der Waals surface area contributed by atoms with Crippen LogP contribution in [0.5, 0.6) is 0 Å². The van der Waals surface area contributed by atoms with Crippen LogP contribution in [0.2, 0.25) is 0 Å². The molecule has 4 atom stereocenters. The van der Waals surface area contributed by atoms with Gasteiger partial charge < -0.3 is 14.2 Å². The second-order valence-corrected chi connectivity index (χ2v) is 5.14. The first kappa shape index (κ1) is 11.4. The zero-order valence-electron chi connectivity index (χ0n) is 10.2. The molecule has 0 aromatic carbocycles. The summed E-state index contributed by atoms with van der Waals surface area (Å²) in [5, 5.41) is 0. The van der Waals surface area contributed by atoms with E-state index >= 15 is 0 Å². The molecule has 0 radical (unpaired) electrons. The van der Waals surface area contributed by atoms with Crippen molar-refractivity contribution in [1.82, 2.24) is 0 Å². The molecule has 88 valence electrons. The number of hydrogen-bond donors (Lipinski definition) is 0. The Kier molecular flexibility index (Phi) is 3.06. The van der Waals surface area contributed by atoms with Crippen molar-refractivity contribution in [2.75, 3.05) is 0 Å². The summed E-state index contributed by atoms with van der Waals surface area (Å²) >= 11 is 0. The second-order valence-electron chi connectivity index (χ2n) is 5.14. The van der Waals surface area contributed by atoms with Crippen LogP contribution in [0.25, 0.3) is 0 Å². The molecule has 15 heavy (non-hydrogen) atoms. The lowest BCUT2D eigenvalue weighted by Crippen LogP contribution is -2.28. The molecule has 0 N–H and O–H groups in total. The van der Waals surface area contributed by atoms with Gasteiger partial charge in [0.05, 0.1) is 6.10 Å². The second kappa shape index (κ2) is 4.04. The van der Waals surface area contributed by atoms with Gasteiger partial charge in [-0.05, 0) is 20.3 Å². The number of fused-ring (bicyclic) bond motifs is 1. The maximum Gasteiger partial charge on any atom is 0.187 e. The highest BCUT2D eigenvalue weighted by molar-refractivity contribution is 4.90. The van der Waals surface area contributed by atoms with Crippen molar-refractivity contribution in [2.45, 2.75) is 71.2 Å². The van der Waals surface area contributed by atoms with E-state index in [0.717, 1.165) is 6.42 Å². The minimum Gasteiger partial charge on any atom is -0.346 e. The van der Waals surface area contributed by atoms with Gasteiger partial charge >= 0.3 is 0 Å². The molecule has 4 unspecified atom stereocenters. The van der Waals surface area contributed by atoms with E-state index in [1.165, 1.54) is 12.8 Å². The van der Waals surface area contributed by atoms with E-state index in [1.807, 2.05) is 13.8 Å². The van der Waals surface area contributed by atoms with Crippen LogP contribution in [0.3, 0.4) is 0 Å². The third-order valence-electron chi connectivity index (χ3n) is 3.34. The van der Waals surface area contributed by atoms with Crippen LogP contribution in [-0.4, -0.2) is 24.3 Å². The van der Waals surface area contributed by atoms with Crippen LogP contribution in [-0.2, 0) is 14.2 Å². The fourth-order valence-corrected chi connectivity index (χ4v) is 2.46. The van der Waals surface area contributed by atoms with Crippen LogP contribution in [0.1, 0.15) is 47.0 Å². The number of rotatable bonds is 3. The summed E-state index contributed by atoms with van der Waals surface area (Å²) in [6.45, 7) is 8.30. The highest BCUT2D eigenvalue weighted by atomic mass is 16.8. The van der Waals surface area contributed by atoms with E-state index in [9.17, 15) is 0 Å². The van der Waals surface area contributed by atoms with Gasteiger partial charge in [-0.25, -0.2) is 0 Å². The zero-order valence-corrected chi connectivity index (χ0v) is 10.2. The molecule has 3 nitrogen and oxygen atoms in total. The summed E-state index contributed by atoms with van der Waals surface area (Å²) in [4.78, 5) is 0. The Morgan fingerprint density at radius 2 is 1.93 bits per heavy atom. The molecule has 0 amide bonds. The van der Waals surface area contributed by atoms with Gasteiger partial charge in [0.25, 0.3) is 0 Å². The van der Waals surface area contributed by atoms with Crippen molar-refractivity contribution in [3.05, 3.63) is 0 Å². The smallest absolute Gasteiger partial charge is 0.187 e. The first-order chi connectivity index (χ1) is 7.03. The van der Waals surface area contributed by atoms with Gasteiger partial charge in [0.15, 0.2) is 12.1 Å². The highest BCUT2D eigenvalue weighted by Crippen LogP contribution is 2.41. The molecular weight excluding hydrogens is 192 g/mol. The monoisotopic (exact) mass is 214 g/mol. The summed E-state index contributed by atoms with van der Waals surface area (Å²) in [5.41, 5.74) is 0. The normalized spacial score (nSPS) is 43.2. The van der Waals surface area contributed by atoms with Crippen LogP contribution >= 0.6 is 0 Å². The lowest BCUT2D eigenvalue weighted by Gasteiger charge is -2.23. The highest BCUT2D eigenvalue weighted by Gasteiger charge is 2.52. The van der Waals surface area contributed by atoms with E-state index in [0.29, 0.717) is 12.0 Å². The maximum absolute atomic E-state index is 5.89. The molecule has 3 heteroatoms. The minimum absolute atomic E-state index is 0.127. The maximum atomic E-state index is 5.89. The topological polar surface area (TPSA) is 27.7 Å². The molecule has 0 saturated carbocycles. The average molecular weight is 214 g/mol. The Morgan fingerprint density at radius 1 is 1.20 bits per heavy atom. The van der Waals surface area contributed by atoms with Gasteiger partial charge in [-0.15, -0.1) is 0 Å². The Balaban J connectivity index is 1.93. The van der Waals surface area contributed by atoms with E-state index < -0.39 is 5.79 Å². The van der Waals surface area contributed by atoms with E-state index in [-0.39, 0.29) is 12.4 Å². The third kappa shape index (κ3) is 2.19. The van der Waals surface area contributed by atoms with Gasteiger partial charge in [-0.2, -0.15) is 0 Å². The zero-order chi connectivity index (χ0) is 11.1. The molecule has 0 spiro atoms. The summed E-state index contributed by atoms with van der Waals surface area (Å²) in [6, 6.07) is 0. The quantitative estimate of drug-likeness (QED) is 0.723. The SMILES string of the molecule is CCCCC1OC2OC(C)(C)OC2C1C. The number of unbranched alkanes of at least 4 members (excludes halogenated alkanes) is 1. The molecule has 2 aliphatic heterocycles. The predicted octanol–water partition coefficient (Wildman–Crippen LogP) is 2.69. The summed E-state index contributed by atoms with van der Waals surface area (Å²) in [7, 11) is 0. The van der Waals surface area contributed by atoms with Gasteiger partial charge in [-0.1, -0.05) is 26.7 Å². The molecule has 2 fully saturated rings. The Morgan fingerprint density at radius 3 is 2.53 bits per heavy atom. The van der Waals surface area contributed by atoms with Crippen molar-refractivity contribution < 1.29 is 14.2 Å². The molecule has 0 aliphatic carbocycles. The molecule has 2 heterocycles. The molecule has 0 aromatic heterocycles. The lowest BCUT2D eigenvalue weighted by molar-refractivity contribution is -0.209. The van der Waals surface area contributed by atoms with Gasteiger partial charge in [0.1, 0.15) is 6.10 Å². The fraction of sp³-hybridized carbons (Fsp3) is 1.00. The first-order valence-corrected chi connectivity index (χ1v) is 6.04. The van der Waals surface area contributed by atoms with Crippen molar-refractivity contribution in [1.29, 1.82) is 0 Å². The van der Waals surface area contributed by atoms with Crippen LogP contribution in [0, 0.1) is 5.92 Å². The predicted molar refractivity (Wildman–Crippen MR) is 57.4 cm³/mol. The molecular formula is C12H22O3. The van der Waals surface area contributed by atoms with Gasteiger partial charge in [0, 0.05) is 5.92 Å². The summed E-state index contributed by atoms with van der Waals surface area (Å²) in [6.07, 6.45) is 3.86. The standard InChI is InChI=1S/C12H22O3/c1-5-6-7-9-8(2)10-11(13-9)15-12(3,4)14-10/h8-11H,5-7H2,1-4H3. The molecule has 2 rings (SSSR count). The molecule has 2 saturated heterocycles. The largest absolute Gasteiger partial charge is 0.346 e. The molecule has 0 bridgehead atoms.